The SMILES string of the molecule is CC(C)c1ccc(C(C)C)c(C2CCCCC2)c1. The molecule has 0 atom stereocenters. The smallest absolute Gasteiger partial charge is 0.0159 e. The summed E-state index contributed by atoms with van der Waals surface area (Å²) in [6.45, 7) is 9.26. The predicted octanol–water partition coefficient (Wildman–Crippen LogP) is 5.98. The van der Waals surface area contributed by atoms with Crippen LogP contribution in [-0.2, 0) is 0 Å². The molecule has 2 rings (SSSR count). The van der Waals surface area contributed by atoms with Crippen molar-refractivity contribution in [1.82, 2.24) is 0 Å². The van der Waals surface area contributed by atoms with Gasteiger partial charge in [0, 0.05) is 0 Å². The average molecular weight is 244 g/mol. The number of rotatable bonds is 3. The highest BCUT2D eigenvalue weighted by Gasteiger charge is 2.20. The van der Waals surface area contributed by atoms with E-state index in [0.29, 0.717) is 11.8 Å². The molecule has 0 saturated heterocycles. The Bertz CT molecular complexity index is 381. The lowest BCUT2D eigenvalue weighted by Gasteiger charge is -2.27. The monoisotopic (exact) mass is 244 g/mol. The van der Waals surface area contributed by atoms with Crippen LogP contribution >= 0.6 is 0 Å². The second-order valence-corrected chi connectivity index (χ2v) is 6.53. The molecule has 0 amide bonds. The van der Waals surface area contributed by atoms with Crippen LogP contribution in [0.25, 0.3) is 0 Å². The van der Waals surface area contributed by atoms with E-state index in [0.717, 1.165) is 5.92 Å². The van der Waals surface area contributed by atoms with Crippen LogP contribution in [0.5, 0.6) is 0 Å². The van der Waals surface area contributed by atoms with E-state index >= 15 is 0 Å². The Hall–Kier alpha value is -0.780. The van der Waals surface area contributed by atoms with Gasteiger partial charge >= 0.3 is 0 Å². The fourth-order valence-corrected chi connectivity index (χ4v) is 3.25. The molecule has 0 N–H and O–H groups in total. The van der Waals surface area contributed by atoms with Gasteiger partial charge in [0.05, 0.1) is 0 Å². The van der Waals surface area contributed by atoms with Gasteiger partial charge < -0.3 is 0 Å². The van der Waals surface area contributed by atoms with Crippen molar-refractivity contribution >= 4 is 0 Å². The minimum atomic E-state index is 0.647. The van der Waals surface area contributed by atoms with E-state index in [1.807, 2.05) is 0 Å². The summed E-state index contributed by atoms with van der Waals surface area (Å²) in [6, 6.07) is 7.24. The quantitative estimate of drug-likeness (QED) is 0.613. The molecule has 0 radical (unpaired) electrons. The zero-order chi connectivity index (χ0) is 13.1. The molecular formula is C18H28. The van der Waals surface area contributed by atoms with Crippen LogP contribution in [0, 0.1) is 0 Å². The third kappa shape index (κ3) is 2.96. The molecule has 1 fully saturated rings. The van der Waals surface area contributed by atoms with Crippen molar-refractivity contribution in [3.63, 3.8) is 0 Å². The van der Waals surface area contributed by atoms with E-state index in [-0.39, 0.29) is 0 Å². The van der Waals surface area contributed by atoms with Crippen LogP contribution in [0.4, 0.5) is 0 Å². The first-order valence-electron chi connectivity index (χ1n) is 7.73. The molecule has 0 aromatic heterocycles. The molecule has 0 heteroatoms. The fraction of sp³-hybridized carbons (Fsp3) is 0.667. The van der Waals surface area contributed by atoms with E-state index in [1.165, 1.54) is 37.7 Å². The maximum absolute atomic E-state index is 2.51. The zero-order valence-electron chi connectivity index (χ0n) is 12.5. The van der Waals surface area contributed by atoms with Crippen molar-refractivity contribution in [1.29, 1.82) is 0 Å². The highest BCUT2D eigenvalue weighted by Crippen LogP contribution is 2.37. The summed E-state index contributed by atoms with van der Waals surface area (Å²) >= 11 is 0. The highest BCUT2D eigenvalue weighted by molar-refractivity contribution is 5.38. The minimum Gasteiger partial charge on any atom is -0.0587 e. The molecule has 0 spiro atoms. The maximum atomic E-state index is 2.51. The number of hydrogen-bond acceptors (Lipinski definition) is 0. The Morgan fingerprint density at radius 2 is 1.56 bits per heavy atom. The van der Waals surface area contributed by atoms with E-state index in [4.69, 9.17) is 0 Å². The molecule has 1 aliphatic rings. The second kappa shape index (κ2) is 5.91. The number of hydrogen-bond donors (Lipinski definition) is 0. The van der Waals surface area contributed by atoms with E-state index in [2.05, 4.69) is 45.9 Å². The fourth-order valence-electron chi connectivity index (χ4n) is 3.25. The molecule has 0 nitrogen and oxygen atoms in total. The lowest BCUT2D eigenvalue weighted by Crippen LogP contribution is -2.09. The Kier molecular flexibility index (Phi) is 4.48. The second-order valence-electron chi connectivity index (χ2n) is 6.53. The van der Waals surface area contributed by atoms with Crippen LogP contribution < -0.4 is 0 Å². The maximum Gasteiger partial charge on any atom is -0.0159 e. The average Bonchev–Trinajstić information content (AvgIpc) is 2.39. The molecular weight excluding hydrogens is 216 g/mol. The standard InChI is InChI=1S/C18H28/c1-13(2)16-10-11-17(14(3)4)18(12-16)15-8-6-5-7-9-15/h10-15H,5-9H2,1-4H3. The van der Waals surface area contributed by atoms with Gasteiger partial charge in [-0.3, -0.25) is 0 Å². The van der Waals surface area contributed by atoms with Gasteiger partial charge in [0.15, 0.2) is 0 Å². The molecule has 0 heterocycles. The Balaban J connectivity index is 2.36. The minimum absolute atomic E-state index is 0.647. The molecule has 1 aromatic carbocycles. The van der Waals surface area contributed by atoms with Crippen molar-refractivity contribution in [3.05, 3.63) is 34.9 Å². The predicted molar refractivity (Wildman–Crippen MR) is 80.4 cm³/mol. The molecule has 0 bridgehead atoms. The summed E-state index contributed by atoms with van der Waals surface area (Å²) in [6.07, 6.45) is 7.10. The van der Waals surface area contributed by atoms with Gasteiger partial charge in [-0.15, -0.1) is 0 Å². The van der Waals surface area contributed by atoms with Gasteiger partial charge in [0.25, 0.3) is 0 Å². The number of benzene rings is 1. The van der Waals surface area contributed by atoms with Crippen molar-refractivity contribution in [2.45, 2.75) is 77.6 Å². The van der Waals surface area contributed by atoms with Crippen molar-refractivity contribution < 1.29 is 0 Å². The third-order valence-electron chi connectivity index (χ3n) is 4.44. The van der Waals surface area contributed by atoms with Gasteiger partial charge in [0.1, 0.15) is 0 Å². The first-order chi connectivity index (χ1) is 8.59. The molecule has 18 heavy (non-hydrogen) atoms. The lowest BCUT2D eigenvalue weighted by molar-refractivity contribution is 0.440. The Labute approximate surface area is 113 Å². The van der Waals surface area contributed by atoms with Gasteiger partial charge in [-0.2, -0.15) is 0 Å². The summed E-state index contributed by atoms with van der Waals surface area (Å²) in [7, 11) is 0. The summed E-state index contributed by atoms with van der Waals surface area (Å²) in [5.74, 6) is 2.13. The van der Waals surface area contributed by atoms with Crippen molar-refractivity contribution in [2.24, 2.45) is 0 Å². The van der Waals surface area contributed by atoms with Gasteiger partial charge in [-0.1, -0.05) is 65.2 Å². The van der Waals surface area contributed by atoms with E-state index in [9.17, 15) is 0 Å². The van der Waals surface area contributed by atoms with Gasteiger partial charge in [-0.05, 0) is 47.3 Å². The molecule has 1 aromatic rings. The van der Waals surface area contributed by atoms with Gasteiger partial charge in [0.2, 0.25) is 0 Å². The van der Waals surface area contributed by atoms with Crippen molar-refractivity contribution in [3.8, 4) is 0 Å². The molecule has 0 unspecified atom stereocenters. The highest BCUT2D eigenvalue weighted by atomic mass is 14.2. The molecule has 1 aliphatic carbocycles. The normalized spacial score (nSPS) is 17.7. The molecule has 100 valence electrons. The van der Waals surface area contributed by atoms with Crippen LogP contribution in [0.2, 0.25) is 0 Å². The van der Waals surface area contributed by atoms with Crippen LogP contribution in [-0.4, -0.2) is 0 Å². The van der Waals surface area contributed by atoms with E-state index < -0.39 is 0 Å². The Morgan fingerprint density at radius 3 is 2.11 bits per heavy atom. The molecule has 0 aliphatic heterocycles. The summed E-state index contributed by atoms with van der Waals surface area (Å²) in [5.41, 5.74) is 4.77. The van der Waals surface area contributed by atoms with E-state index in [1.54, 1.807) is 11.1 Å². The zero-order valence-corrected chi connectivity index (χ0v) is 12.5. The first-order valence-corrected chi connectivity index (χ1v) is 7.73. The van der Waals surface area contributed by atoms with Crippen LogP contribution in [0.1, 0.15) is 94.2 Å². The first kappa shape index (κ1) is 13.6. The lowest BCUT2D eigenvalue weighted by atomic mass is 9.79. The summed E-state index contributed by atoms with van der Waals surface area (Å²) in [5, 5.41) is 0. The van der Waals surface area contributed by atoms with Crippen molar-refractivity contribution in [2.75, 3.05) is 0 Å². The van der Waals surface area contributed by atoms with Crippen LogP contribution in [0.3, 0.4) is 0 Å². The summed E-state index contributed by atoms with van der Waals surface area (Å²) in [4.78, 5) is 0. The Morgan fingerprint density at radius 1 is 0.889 bits per heavy atom. The third-order valence-corrected chi connectivity index (χ3v) is 4.44. The summed E-state index contributed by atoms with van der Waals surface area (Å²) < 4.78 is 0. The molecule has 1 saturated carbocycles. The van der Waals surface area contributed by atoms with Crippen LogP contribution in [0.15, 0.2) is 18.2 Å². The topological polar surface area (TPSA) is 0 Å². The van der Waals surface area contributed by atoms with Gasteiger partial charge in [-0.25, -0.2) is 0 Å². The largest absolute Gasteiger partial charge is 0.0587 e.